The molecule has 0 spiro atoms. The Hall–Kier alpha value is -1.79. The van der Waals surface area contributed by atoms with Gasteiger partial charge in [0.15, 0.2) is 0 Å². The van der Waals surface area contributed by atoms with E-state index in [1.54, 1.807) is 20.8 Å². The van der Waals surface area contributed by atoms with Crippen LogP contribution in [0.25, 0.3) is 0 Å². The van der Waals surface area contributed by atoms with E-state index in [9.17, 15) is 19.5 Å². The molecule has 1 fully saturated rings. The number of carboxylic acids is 1. The minimum Gasteiger partial charge on any atom is -0.480 e. The molecule has 1 aliphatic rings. The van der Waals surface area contributed by atoms with E-state index in [1.165, 1.54) is 12.0 Å². The predicted molar refractivity (Wildman–Crippen MR) is 71.2 cm³/mol. The van der Waals surface area contributed by atoms with Crippen LogP contribution in [-0.2, 0) is 14.3 Å². The molecule has 7 heteroatoms. The lowest BCUT2D eigenvalue weighted by Crippen LogP contribution is -2.55. The van der Waals surface area contributed by atoms with Gasteiger partial charge in [-0.15, -0.1) is 0 Å². The summed E-state index contributed by atoms with van der Waals surface area (Å²) in [6, 6.07) is -2.19. The molecule has 1 heterocycles. The van der Waals surface area contributed by atoms with Gasteiger partial charge < -0.3 is 20.1 Å². The molecule has 2 amide bonds. The van der Waals surface area contributed by atoms with Crippen molar-refractivity contribution in [3.05, 3.63) is 0 Å². The highest BCUT2D eigenvalue weighted by molar-refractivity contribution is 5.87. The normalized spacial score (nSPS) is 20.4. The first-order chi connectivity index (χ1) is 9.18. The molecule has 7 nitrogen and oxygen atoms in total. The van der Waals surface area contributed by atoms with Crippen molar-refractivity contribution in [2.24, 2.45) is 5.41 Å². The Bertz CT molecular complexity index is 402. The molecule has 1 rings (SSSR count). The minimum absolute atomic E-state index is 0.419. The lowest BCUT2D eigenvalue weighted by molar-refractivity contribution is -0.144. The Morgan fingerprint density at radius 2 is 1.95 bits per heavy atom. The number of carbonyl (C=O) groups excluding carboxylic acids is 2. The van der Waals surface area contributed by atoms with Gasteiger partial charge in [-0.3, -0.25) is 0 Å². The van der Waals surface area contributed by atoms with Crippen LogP contribution in [0.4, 0.5) is 4.79 Å². The first kappa shape index (κ1) is 16.3. The van der Waals surface area contributed by atoms with Crippen molar-refractivity contribution in [1.29, 1.82) is 0 Å². The lowest BCUT2D eigenvalue weighted by Gasteiger charge is -2.31. The average Bonchev–Trinajstić information content (AvgIpc) is 2.81. The first-order valence-corrected chi connectivity index (χ1v) is 6.56. The molecule has 20 heavy (non-hydrogen) atoms. The van der Waals surface area contributed by atoms with Gasteiger partial charge in [0.1, 0.15) is 12.1 Å². The molecule has 0 aromatic rings. The van der Waals surface area contributed by atoms with Gasteiger partial charge in [-0.1, -0.05) is 20.8 Å². The first-order valence-electron chi connectivity index (χ1n) is 6.56. The molecule has 0 bridgehead atoms. The smallest absolute Gasteiger partial charge is 0.328 e. The Kier molecular flexibility index (Phi) is 4.97. The summed E-state index contributed by atoms with van der Waals surface area (Å²) >= 11 is 0. The number of aliphatic carboxylic acids is 1. The Morgan fingerprint density at radius 1 is 1.35 bits per heavy atom. The van der Waals surface area contributed by atoms with Crippen LogP contribution in [0.5, 0.6) is 0 Å². The molecule has 0 aromatic heterocycles. The molecule has 0 saturated carbocycles. The third-order valence-electron chi connectivity index (χ3n) is 3.37. The Morgan fingerprint density at radius 3 is 2.40 bits per heavy atom. The maximum atomic E-state index is 12.2. The van der Waals surface area contributed by atoms with Crippen LogP contribution >= 0.6 is 0 Å². The monoisotopic (exact) mass is 286 g/mol. The Labute approximate surface area is 118 Å². The van der Waals surface area contributed by atoms with E-state index in [-0.39, 0.29) is 0 Å². The van der Waals surface area contributed by atoms with Gasteiger partial charge in [0.2, 0.25) is 0 Å². The molecule has 2 N–H and O–H groups in total. The maximum Gasteiger partial charge on any atom is 0.328 e. The zero-order valence-corrected chi connectivity index (χ0v) is 12.3. The second kappa shape index (κ2) is 6.11. The lowest BCUT2D eigenvalue weighted by atomic mass is 9.87. The van der Waals surface area contributed by atoms with Crippen LogP contribution in [0.3, 0.4) is 0 Å². The third-order valence-corrected chi connectivity index (χ3v) is 3.37. The van der Waals surface area contributed by atoms with E-state index in [0.29, 0.717) is 19.4 Å². The van der Waals surface area contributed by atoms with Crippen molar-refractivity contribution in [1.82, 2.24) is 10.2 Å². The van der Waals surface area contributed by atoms with Crippen LogP contribution in [0.1, 0.15) is 33.6 Å². The summed E-state index contributed by atoms with van der Waals surface area (Å²) in [5.74, 6) is -1.57. The minimum atomic E-state index is -1.10. The topological polar surface area (TPSA) is 95.9 Å². The average molecular weight is 286 g/mol. The maximum absolute atomic E-state index is 12.2. The van der Waals surface area contributed by atoms with Gasteiger partial charge in [0, 0.05) is 6.54 Å². The quantitative estimate of drug-likeness (QED) is 0.749. The number of hydrogen-bond donors (Lipinski definition) is 2. The van der Waals surface area contributed by atoms with Gasteiger partial charge in [-0.2, -0.15) is 0 Å². The van der Waals surface area contributed by atoms with Gasteiger partial charge in [0.25, 0.3) is 0 Å². The Balaban J connectivity index is 2.79. The number of nitrogens with zero attached hydrogens (tertiary/aromatic N) is 1. The van der Waals surface area contributed by atoms with E-state index in [2.05, 4.69) is 10.1 Å². The van der Waals surface area contributed by atoms with Crippen LogP contribution in [0.2, 0.25) is 0 Å². The molecule has 1 aliphatic heterocycles. The van der Waals surface area contributed by atoms with Crippen LogP contribution in [0, 0.1) is 5.41 Å². The number of esters is 1. The molecule has 2 atom stereocenters. The van der Waals surface area contributed by atoms with Crippen LogP contribution in [0.15, 0.2) is 0 Å². The summed E-state index contributed by atoms with van der Waals surface area (Å²) < 4.78 is 4.66. The highest BCUT2D eigenvalue weighted by atomic mass is 16.5. The number of urea groups is 1. The summed E-state index contributed by atoms with van der Waals surface area (Å²) in [5.41, 5.74) is -0.623. The molecule has 0 radical (unpaired) electrons. The van der Waals surface area contributed by atoms with E-state index < -0.39 is 35.5 Å². The van der Waals surface area contributed by atoms with Gasteiger partial charge in [0.05, 0.1) is 7.11 Å². The standard InChI is InChI=1S/C13H22N2O5/c1-13(2,3)9(10(16)17)14-12(19)15-7-5-6-8(15)11(18)20-4/h8-9H,5-7H2,1-4H3,(H,14,19)(H,16,17)/t8?,9-/m0/s1. The number of carboxylic acid groups (broad SMARTS) is 1. The van der Waals surface area contributed by atoms with Crippen molar-refractivity contribution in [2.75, 3.05) is 13.7 Å². The number of ether oxygens (including phenoxy) is 1. The molecule has 0 aromatic carbocycles. The van der Waals surface area contributed by atoms with Gasteiger partial charge in [-0.25, -0.2) is 14.4 Å². The fraction of sp³-hybridized carbons (Fsp3) is 0.769. The number of hydrogen-bond acceptors (Lipinski definition) is 4. The number of amides is 2. The van der Waals surface area contributed by atoms with Crippen molar-refractivity contribution < 1.29 is 24.2 Å². The SMILES string of the molecule is COC(=O)C1CCCN1C(=O)N[C@@H](C(=O)O)C(C)(C)C. The van der Waals surface area contributed by atoms with Crippen molar-refractivity contribution >= 4 is 18.0 Å². The summed E-state index contributed by atoms with van der Waals surface area (Å²) in [6.07, 6.45) is 1.23. The molecular formula is C13H22N2O5. The number of rotatable bonds is 3. The number of methoxy groups -OCH3 is 1. The van der Waals surface area contributed by atoms with Crippen molar-refractivity contribution in [3.8, 4) is 0 Å². The second-order valence-corrected chi connectivity index (χ2v) is 5.96. The zero-order chi connectivity index (χ0) is 15.5. The van der Waals surface area contributed by atoms with Gasteiger partial charge in [-0.05, 0) is 18.3 Å². The largest absolute Gasteiger partial charge is 0.480 e. The van der Waals surface area contributed by atoms with Gasteiger partial charge >= 0.3 is 18.0 Å². The van der Waals surface area contributed by atoms with Crippen molar-refractivity contribution in [3.63, 3.8) is 0 Å². The molecule has 1 unspecified atom stereocenters. The summed E-state index contributed by atoms with van der Waals surface area (Å²) in [7, 11) is 1.27. The summed E-state index contributed by atoms with van der Waals surface area (Å²) in [6.45, 7) is 5.61. The fourth-order valence-corrected chi connectivity index (χ4v) is 2.25. The molecule has 0 aliphatic carbocycles. The van der Waals surface area contributed by atoms with Crippen molar-refractivity contribution in [2.45, 2.75) is 45.7 Å². The van der Waals surface area contributed by atoms with E-state index in [4.69, 9.17) is 0 Å². The van der Waals surface area contributed by atoms with Crippen LogP contribution < -0.4 is 5.32 Å². The highest BCUT2D eigenvalue weighted by Gasteiger charge is 2.39. The number of nitrogens with one attached hydrogen (secondary N) is 1. The van der Waals surface area contributed by atoms with E-state index >= 15 is 0 Å². The number of likely N-dealkylation sites (tertiary alicyclic amines) is 1. The highest BCUT2D eigenvalue weighted by Crippen LogP contribution is 2.22. The zero-order valence-electron chi connectivity index (χ0n) is 12.3. The molecular weight excluding hydrogens is 264 g/mol. The third kappa shape index (κ3) is 3.61. The second-order valence-electron chi connectivity index (χ2n) is 5.96. The summed E-state index contributed by atoms with van der Waals surface area (Å²) in [4.78, 5) is 36.4. The van der Waals surface area contributed by atoms with Crippen LogP contribution in [-0.4, -0.2) is 53.7 Å². The molecule has 1 saturated heterocycles. The predicted octanol–water partition coefficient (Wildman–Crippen LogP) is 0.833. The van der Waals surface area contributed by atoms with E-state index in [0.717, 1.165) is 0 Å². The summed E-state index contributed by atoms with van der Waals surface area (Å²) in [5, 5.41) is 11.7. The van der Waals surface area contributed by atoms with E-state index in [1.807, 2.05) is 0 Å². The fourth-order valence-electron chi connectivity index (χ4n) is 2.25. The number of carbonyl (C=O) groups is 3. The molecule has 114 valence electrons.